The minimum atomic E-state index is -0.0786. The second kappa shape index (κ2) is 6.68. The number of fused-ring (bicyclic) bond motifs is 2. The molecule has 1 fully saturated rings. The molecule has 1 saturated heterocycles. The quantitative estimate of drug-likeness (QED) is 0.568. The van der Waals surface area contributed by atoms with E-state index < -0.39 is 0 Å². The molecule has 0 radical (unpaired) electrons. The van der Waals surface area contributed by atoms with E-state index >= 15 is 0 Å². The van der Waals surface area contributed by atoms with Crippen LogP contribution in [0.3, 0.4) is 0 Å². The van der Waals surface area contributed by atoms with E-state index in [1.807, 2.05) is 43.5 Å². The molecule has 7 heteroatoms. The van der Waals surface area contributed by atoms with Crippen molar-refractivity contribution in [3.8, 4) is 11.3 Å². The van der Waals surface area contributed by atoms with Crippen molar-refractivity contribution in [2.24, 2.45) is 5.73 Å². The topological polar surface area (TPSA) is 76.5 Å². The molecule has 4 aromatic rings. The Morgan fingerprint density at radius 3 is 2.75 bits per heavy atom. The molecule has 0 aliphatic carbocycles. The molecule has 4 heterocycles. The number of piperidine rings is 1. The molecule has 1 aliphatic rings. The maximum atomic E-state index is 12.8. The molecule has 0 bridgehead atoms. The fraction of sp³-hybridized carbons (Fsp3) is 0.286. The normalized spacial score (nSPS) is 15.6. The summed E-state index contributed by atoms with van der Waals surface area (Å²) in [5.74, 6) is 0. The lowest BCUT2D eigenvalue weighted by molar-refractivity contribution is 0.501. The number of pyridine rings is 1. The maximum absolute atomic E-state index is 12.8. The molecule has 0 atom stereocenters. The smallest absolute Gasteiger partial charge is 0.258 e. The van der Waals surface area contributed by atoms with Crippen LogP contribution in [0.15, 0.2) is 47.4 Å². The van der Waals surface area contributed by atoms with Gasteiger partial charge in [-0.05, 0) is 44.0 Å². The van der Waals surface area contributed by atoms with Crippen molar-refractivity contribution in [1.29, 1.82) is 0 Å². The Morgan fingerprint density at radius 2 is 1.93 bits per heavy atom. The predicted molar refractivity (Wildman–Crippen MR) is 114 cm³/mol. The van der Waals surface area contributed by atoms with Gasteiger partial charge >= 0.3 is 0 Å². The van der Waals surface area contributed by atoms with Gasteiger partial charge in [0.1, 0.15) is 5.65 Å². The lowest BCUT2D eigenvalue weighted by atomic mass is 10.1. The Balaban J connectivity index is 1.54. The molecule has 0 spiro atoms. The molecule has 5 rings (SSSR count). The number of aryl methyl sites for hydroxylation is 1. The summed E-state index contributed by atoms with van der Waals surface area (Å²) in [6, 6.07) is 11.9. The summed E-state index contributed by atoms with van der Waals surface area (Å²) in [7, 11) is 0. The molecular weight excluding hydrogens is 370 g/mol. The molecule has 0 saturated carbocycles. The SMILES string of the molecule is Cc1nc2cc(-c3cc(=O)n4cc(N5CCC(N)CC5)ccc4n3)ccc2s1. The number of aromatic nitrogens is 3. The fourth-order valence-electron chi connectivity index (χ4n) is 3.79. The summed E-state index contributed by atoms with van der Waals surface area (Å²) in [5, 5.41) is 1.03. The highest BCUT2D eigenvalue weighted by Gasteiger charge is 2.17. The van der Waals surface area contributed by atoms with Gasteiger partial charge in [0, 0.05) is 37.0 Å². The van der Waals surface area contributed by atoms with Crippen LogP contribution in [0.4, 0.5) is 5.69 Å². The van der Waals surface area contributed by atoms with Crippen LogP contribution in [0.25, 0.3) is 27.1 Å². The molecule has 1 aliphatic heterocycles. The van der Waals surface area contributed by atoms with Crippen molar-refractivity contribution in [2.45, 2.75) is 25.8 Å². The molecule has 142 valence electrons. The van der Waals surface area contributed by atoms with Crippen LogP contribution in [-0.4, -0.2) is 33.5 Å². The highest BCUT2D eigenvalue weighted by molar-refractivity contribution is 7.18. The van der Waals surface area contributed by atoms with Gasteiger partial charge in [-0.1, -0.05) is 6.07 Å². The van der Waals surface area contributed by atoms with Gasteiger partial charge in [-0.2, -0.15) is 0 Å². The van der Waals surface area contributed by atoms with E-state index in [0.29, 0.717) is 11.3 Å². The van der Waals surface area contributed by atoms with Gasteiger partial charge in [0.2, 0.25) is 0 Å². The standard InChI is InChI=1S/C21H21N5OS/c1-13-23-18-10-14(2-4-19(18)28-13)17-11-21(27)26-12-16(3-5-20(26)24-17)25-8-6-15(22)7-9-25/h2-5,10-12,15H,6-9,22H2,1H3. The first-order valence-electron chi connectivity index (χ1n) is 9.48. The molecule has 28 heavy (non-hydrogen) atoms. The van der Waals surface area contributed by atoms with Crippen molar-refractivity contribution in [3.63, 3.8) is 0 Å². The first-order valence-corrected chi connectivity index (χ1v) is 10.3. The van der Waals surface area contributed by atoms with Gasteiger partial charge in [-0.3, -0.25) is 9.20 Å². The minimum Gasteiger partial charge on any atom is -0.370 e. The van der Waals surface area contributed by atoms with Crippen molar-refractivity contribution in [2.75, 3.05) is 18.0 Å². The highest BCUT2D eigenvalue weighted by atomic mass is 32.1. The van der Waals surface area contributed by atoms with Gasteiger partial charge in [0.05, 0.1) is 26.6 Å². The van der Waals surface area contributed by atoms with Gasteiger partial charge < -0.3 is 10.6 Å². The number of nitrogens with two attached hydrogens (primary N) is 1. The number of hydrogen-bond donors (Lipinski definition) is 1. The number of hydrogen-bond acceptors (Lipinski definition) is 6. The summed E-state index contributed by atoms with van der Waals surface area (Å²) in [4.78, 5) is 24.3. The monoisotopic (exact) mass is 391 g/mol. The van der Waals surface area contributed by atoms with Crippen LogP contribution in [0.2, 0.25) is 0 Å². The Morgan fingerprint density at radius 1 is 1.11 bits per heavy atom. The van der Waals surface area contributed by atoms with E-state index in [0.717, 1.165) is 52.4 Å². The Bertz CT molecular complexity index is 1240. The Labute approximate surface area is 166 Å². The summed E-state index contributed by atoms with van der Waals surface area (Å²) in [6.07, 6.45) is 3.84. The van der Waals surface area contributed by atoms with Crippen molar-refractivity contribution in [1.82, 2.24) is 14.4 Å². The lowest BCUT2D eigenvalue weighted by Crippen LogP contribution is -2.39. The molecule has 6 nitrogen and oxygen atoms in total. The second-order valence-corrected chi connectivity index (χ2v) is 8.57. The third-order valence-corrected chi connectivity index (χ3v) is 6.29. The van der Waals surface area contributed by atoms with Gasteiger partial charge in [0.25, 0.3) is 5.56 Å². The second-order valence-electron chi connectivity index (χ2n) is 7.33. The molecular formula is C21H21N5OS. The van der Waals surface area contributed by atoms with Crippen molar-refractivity contribution >= 4 is 32.9 Å². The third kappa shape index (κ3) is 3.06. The van der Waals surface area contributed by atoms with Crippen molar-refractivity contribution in [3.05, 3.63) is 58.0 Å². The molecule has 3 aromatic heterocycles. The van der Waals surface area contributed by atoms with Crippen LogP contribution >= 0.6 is 11.3 Å². The van der Waals surface area contributed by atoms with Crippen molar-refractivity contribution < 1.29 is 0 Å². The zero-order valence-electron chi connectivity index (χ0n) is 15.6. The zero-order valence-corrected chi connectivity index (χ0v) is 16.4. The predicted octanol–water partition coefficient (Wildman–Crippen LogP) is 3.21. The first-order chi connectivity index (χ1) is 13.6. The average Bonchev–Trinajstić information content (AvgIpc) is 3.07. The van der Waals surface area contributed by atoms with Crippen LogP contribution < -0.4 is 16.2 Å². The fourth-order valence-corrected chi connectivity index (χ4v) is 4.59. The Kier molecular flexibility index (Phi) is 4.14. The largest absolute Gasteiger partial charge is 0.370 e. The van der Waals surface area contributed by atoms with Gasteiger partial charge in [-0.15, -0.1) is 11.3 Å². The summed E-state index contributed by atoms with van der Waals surface area (Å²) in [6.45, 7) is 3.83. The average molecular weight is 392 g/mol. The van der Waals surface area contributed by atoms with Crippen LogP contribution in [-0.2, 0) is 0 Å². The third-order valence-electron chi connectivity index (χ3n) is 5.34. The molecule has 0 unspecified atom stereocenters. The number of anilines is 1. The molecule has 1 aromatic carbocycles. The summed E-state index contributed by atoms with van der Waals surface area (Å²) in [5.41, 5.74) is 10.1. The van der Waals surface area contributed by atoms with E-state index in [1.165, 1.54) is 0 Å². The maximum Gasteiger partial charge on any atom is 0.258 e. The number of benzene rings is 1. The van der Waals surface area contributed by atoms with Gasteiger partial charge in [-0.25, -0.2) is 9.97 Å². The summed E-state index contributed by atoms with van der Waals surface area (Å²) >= 11 is 1.67. The van der Waals surface area contributed by atoms with Crippen LogP contribution in [0.5, 0.6) is 0 Å². The lowest BCUT2D eigenvalue weighted by Gasteiger charge is -2.32. The molecule has 2 N–H and O–H groups in total. The van der Waals surface area contributed by atoms with Gasteiger partial charge in [0.15, 0.2) is 0 Å². The van der Waals surface area contributed by atoms with E-state index in [2.05, 4.69) is 9.88 Å². The first kappa shape index (κ1) is 17.3. The van der Waals surface area contributed by atoms with Crippen LogP contribution in [0.1, 0.15) is 17.8 Å². The van der Waals surface area contributed by atoms with E-state index in [4.69, 9.17) is 10.7 Å². The Hall–Kier alpha value is -2.77. The van der Waals surface area contributed by atoms with E-state index in [-0.39, 0.29) is 11.6 Å². The summed E-state index contributed by atoms with van der Waals surface area (Å²) < 4.78 is 2.77. The number of thiazole rings is 1. The minimum absolute atomic E-state index is 0.0786. The molecule has 0 amide bonds. The van der Waals surface area contributed by atoms with E-state index in [9.17, 15) is 4.79 Å². The highest BCUT2D eigenvalue weighted by Crippen LogP contribution is 2.27. The zero-order chi connectivity index (χ0) is 19.3. The number of rotatable bonds is 2. The van der Waals surface area contributed by atoms with E-state index in [1.54, 1.807) is 21.8 Å². The number of nitrogens with zero attached hydrogens (tertiary/aromatic N) is 4. The van der Waals surface area contributed by atoms with Crippen LogP contribution in [0, 0.1) is 6.92 Å².